The summed E-state index contributed by atoms with van der Waals surface area (Å²) < 4.78 is 17.7. The van der Waals surface area contributed by atoms with Gasteiger partial charge in [-0.25, -0.2) is 0 Å². The molecule has 3 aliphatic heterocycles. The summed E-state index contributed by atoms with van der Waals surface area (Å²) in [5.74, 6) is -9.86. The smallest absolute Gasteiger partial charge is 0.340 e. The predicted octanol–water partition coefficient (Wildman–Crippen LogP) is -6.89. The van der Waals surface area contributed by atoms with Crippen LogP contribution in [0.15, 0.2) is 12.2 Å². The second kappa shape index (κ2) is 16.7. The van der Waals surface area contributed by atoms with Crippen molar-refractivity contribution in [2.45, 2.75) is 99.8 Å². The number of quaternary nitrogens is 1. The third-order valence-electron chi connectivity index (χ3n) is 13.7. The molecule has 6 rings (SSSR count). The summed E-state index contributed by atoms with van der Waals surface area (Å²) in [6.07, 6.45) is -6.25. The van der Waals surface area contributed by atoms with E-state index >= 15 is 0 Å². The number of imide groups is 1. The molecule has 11 unspecified atom stereocenters. The van der Waals surface area contributed by atoms with Crippen molar-refractivity contribution in [2.75, 3.05) is 40.4 Å². The van der Waals surface area contributed by atoms with Crippen LogP contribution in [-0.4, -0.2) is 160 Å². The lowest BCUT2D eigenvalue weighted by Crippen LogP contribution is -2.94. The first-order chi connectivity index (χ1) is 26.5. The van der Waals surface area contributed by atoms with Crippen LogP contribution >= 0.6 is 0 Å². The van der Waals surface area contributed by atoms with Crippen molar-refractivity contribution < 1.29 is 74.3 Å². The molecule has 5 fully saturated rings. The standard InChI is InChI=1S/C37H58N6O13/c1-16-8-20-28(30(48)22(16)13-42-35(39)40-2)31(49)27-21(29(20)47)10-19(54-3)11-23(27)55-34-32(50)33(51)36(52,37(53,15-44)56-34)12-18(17-6-7-41-24(38)9-17)14-43-25(45)4-5-26(43)46/h4-5,16-24,27-28,30,32-34,41,44,48,50-53H,6-15,38H2,1-3H3,(H3,39,40,42)/p+2/t16?,17?,18-,19?,20?,21?,22?,23?,24?,27?,28?,30?,32-,33-,34+,36+,37-/m1/s1. The first-order valence-electron chi connectivity index (χ1n) is 19.7. The molecule has 0 aromatic heterocycles. The van der Waals surface area contributed by atoms with Crippen LogP contribution in [0.1, 0.15) is 45.4 Å². The zero-order valence-corrected chi connectivity index (χ0v) is 32.1. The molecule has 0 aromatic carbocycles. The highest BCUT2D eigenvalue weighted by Gasteiger charge is 2.66. The Balaban J connectivity index is 1.25. The van der Waals surface area contributed by atoms with Crippen LogP contribution in [0.5, 0.6) is 0 Å². The van der Waals surface area contributed by atoms with Crippen LogP contribution in [0.25, 0.3) is 0 Å². The number of carbonyl (C=O) groups is 4. The maximum absolute atomic E-state index is 14.5. The van der Waals surface area contributed by atoms with E-state index in [4.69, 9.17) is 25.7 Å². The Kier molecular flexibility index (Phi) is 12.7. The van der Waals surface area contributed by atoms with E-state index in [0.717, 1.165) is 17.1 Å². The van der Waals surface area contributed by atoms with Crippen LogP contribution < -0.4 is 27.1 Å². The van der Waals surface area contributed by atoms with Gasteiger partial charge < -0.3 is 50.2 Å². The van der Waals surface area contributed by atoms with Crippen LogP contribution in [0, 0.1) is 47.3 Å². The molecule has 0 bridgehead atoms. The summed E-state index contributed by atoms with van der Waals surface area (Å²) >= 11 is 0. The number of methoxy groups -OCH3 is 1. The molecule has 0 aromatic rings. The number of fused-ring (bicyclic) bond motifs is 2. The SMILES string of the molecule is C[NH+]=C(N)NCC1C(C)CC2C(=O)C3CC(OC)CC(O[C@H]4O[C@](O)(CO)[C@](O)(C[C@H](CN5C(=O)C=CC5=O)C5CC[NH2+]C(N)C5)[C@H](O)[C@H]4O)C3C(=O)C2C1O. The van der Waals surface area contributed by atoms with Gasteiger partial charge in [0.2, 0.25) is 5.79 Å². The number of Topliss-reactive ketones (excluding diaryl/α,β-unsaturated/α-hetero) is 2. The fraction of sp³-hybridized carbons (Fsp3) is 0.811. The molecule has 0 spiro atoms. The minimum Gasteiger partial charge on any atom is -0.392 e. The van der Waals surface area contributed by atoms with Gasteiger partial charge in [0.1, 0.15) is 42.1 Å². The first-order valence-corrected chi connectivity index (χ1v) is 19.7. The Hall–Kier alpha value is -2.95. The van der Waals surface area contributed by atoms with Crippen molar-refractivity contribution in [2.24, 2.45) is 58.8 Å². The third-order valence-corrected chi connectivity index (χ3v) is 13.7. The lowest BCUT2D eigenvalue weighted by atomic mass is 9.53. The van der Waals surface area contributed by atoms with E-state index in [1.54, 1.807) is 7.05 Å². The van der Waals surface area contributed by atoms with Gasteiger partial charge in [-0.2, -0.15) is 0 Å². The molecule has 0 radical (unpaired) electrons. The summed E-state index contributed by atoms with van der Waals surface area (Å²) in [7, 11) is 3.08. The molecular formula is C37H60N6O13+2. The summed E-state index contributed by atoms with van der Waals surface area (Å²) in [6.45, 7) is 1.26. The van der Waals surface area contributed by atoms with E-state index in [1.165, 1.54) is 7.11 Å². The van der Waals surface area contributed by atoms with Crippen molar-refractivity contribution in [1.82, 2.24) is 10.2 Å². The number of rotatable bonds is 11. The first kappa shape index (κ1) is 42.7. The quantitative estimate of drug-likeness (QED) is 0.0526. The number of hydrogen-bond acceptors (Lipinski definition) is 14. The maximum atomic E-state index is 14.5. The highest BCUT2D eigenvalue weighted by atomic mass is 16.8. The Morgan fingerprint density at radius 1 is 1.05 bits per heavy atom. The Labute approximate surface area is 324 Å². The van der Waals surface area contributed by atoms with Gasteiger partial charge in [-0.3, -0.25) is 45.9 Å². The second-order valence-electron chi connectivity index (χ2n) is 16.8. The second-order valence-corrected chi connectivity index (χ2v) is 16.8. The number of guanidine groups is 1. The number of amides is 2. The highest BCUT2D eigenvalue weighted by molar-refractivity contribution is 6.12. The molecule has 56 heavy (non-hydrogen) atoms. The average molecular weight is 797 g/mol. The normalized spacial score (nSPS) is 45.1. The van der Waals surface area contributed by atoms with Crippen LogP contribution in [0.3, 0.4) is 0 Å². The van der Waals surface area contributed by atoms with Crippen molar-refractivity contribution in [3.63, 3.8) is 0 Å². The third kappa shape index (κ3) is 7.68. The van der Waals surface area contributed by atoms with Gasteiger partial charge in [-0.15, -0.1) is 0 Å². The van der Waals surface area contributed by atoms with E-state index in [1.807, 2.05) is 12.2 Å². The van der Waals surface area contributed by atoms with Crippen LogP contribution in [0.4, 0.5) is 0 Å². The van der Waals surface area contributed by atoms with Crippen LogP contribution in [0.2, 0.25) is 0 Å². The van der Waals surface area contributed by atoms with Crippen molar-refractivity contribution in [3.8, 4) is 0 Å². The van der Waals surface area contributed by atoms with Gasteiger partial charge in [0.25, 0.3) is 11.8 Å². The number of nitrogens with zero attached hydrogens (tertiary/aromatic N) is 1. The summed E-state index contributed by atoms with van der Waals surface area (Å²) in [6, 6.07) is 0. The van der Waals surface area contributed by atoms with E-state index in [2.05, 4.69) is 10.3 Å². The van der Waals surface area contributed by atoms with Crippen molar-refractivity contribution in [1.29, 1.82) is 0 Å². The van der Waals surface area contributed by atoms with Gasteiger partial charge in [-0.05, 0) is 43.4 Å². The molecule has 2 amide bonds. The minimum atomic E-state index is -2.97. The number of ether oxygens (including phenoxy) is 3. The van der Waals surface area contributed by atoms with E-state index in [9.17, 15) is 49.8 Å². The van der Waals surface area contributed by atoms with Gasteiger partial charge >= 0.3 is 5.96 Å². The lowest BCUT2D eigenvalue weighted by Gasteiger charge is -2.55. The maximum Gasteiger partial charge on any atom is 0.340 e. The zero-order chi connectivity index (χ0) is 40.9. The summed E-state index contributed by atoms with van der Waals surface area (Å²) in [4.78, 5) is 57.6. The van der Waals surface area contributed by atoms with E-state index in [0.29, 0.717) is 25.8 Å². The number of ketones is 2. The monoisotopic (exact) mass is 796 g/mol. The lowest BCUT2D eigenvalue weighted by molar-refractivity contribution is -0.699. The topological polar surface area (TPSA) is 315 Å². The summed E-state index contributed by atoms with van der Waals surface area (Å²) in [5, 5.41) is 74.4. The zero-order valence-electron chi connectivity index (χ0n) is 32.1. The van der Waals surface area contributed by atoms with Crippen molar-refractivity contribution in [3.05, 3.63) is 12.2 Å². The Morgan fingerprint density at radius 2 is 1.73 bits per heavy atom. The molecule has 6 aliphatic rings. The molecule has 2 saturated heterocycles. The molecule has 17 atom stereocenters. The number of aliphatic hydroxyl groups excluding tert-OH is 4. The fourth-order valence-corrected chi connectivity index (χ4v) is 10.5. The Morgan fingerprint density at radius 3 is 2.36 bits per heavy atom. The molecule has 3 heterocycles. The van der Waals surface area contributed by atoms with E-state index < -0.39 is 114 Å². The molecule has 19 nitrogen and oxygen atoms in total. The van der Waals surface area contributed by atoms with Crippen molar-refractivity contribution >= 4 is 29.3 Å². The molecule has 314 valence electrons. The summed E-state index contributed by atoms with van der Waals surface area (Å²) in [5.41, 5.74) is 9.33. The van der Waals surface area contributed by atoms with Gasteiger partial charge in [0, 0.05) is 56.4 Å². The minimum absolute atomic E-state index is 0.0384. The Bertz CT molecular complexity index is 1550. The average Bonchev–Trinajstić information content (AvgIpc) is 3.49. The fourth-order valence-electron chi connectivity index (χ4n) is 10.5. The number of nitrogens with two attached hydrogens (primary N) is 3. The number of hydrogen-bond donors (Lipinski definition) is 11. The van der Waals surface area contributed by atoms with Gasteiger partial charge in [0.15, 0.2) is 6.29 Å². The number of nitrogens with one attached hydrogen (secondary N) is 2. The largest absolute Gasteiger partial charge is 0.392 e. The van der Waals surface area contributed by atoms with Gasteiger partial charge in [-0.1, -0.05) is 6.92 Å². The molecule has 3 saturated carbocycles. The van der Waals surface area contributed by atoms with Gasteiger partial charge in [0.05, 0.1) is 50.3 Å². The predicted molar refractivity (Wildman–Crippen MR) is 192 cm³/mol. The molecular weight excluding hydrogens is 736 g/mol. The molecule has 19 heteroatoms. The number of aliphatic hydroxyl groups is 6. The van der Waals surface area contributed by atoms with Crippen LogP contribution in [-0.2, 0) is 33.4 Å². The molecule has 14 N–H and O–H groups in total. The van der Waals surface area contributed by atoms with E-state index in [-0.39, 0.29) is 55.7 Å². The highest BCUT2D eigenvalue weighted by Crippen LogP contribution is 2.51. The molecule has 3 aliphatic carbocycles. The number of piperidine rings is 1. The number of carbonyl (C=O) groups excluding carboxylic acids is 4.